The van der Waals surface area contributed by atoms with Gasteiger partial charge in [-0.05, 0) is 59.5 Å². The second-order valence-electron chi connectivity index (χ2n) is 8.75. The number of phenols is 1. The highest BCUT2D eigenvalue weighted by Gasteiger charge is 2.22. The first-order valence-corrected chi connectivity index (χ1v) is 12.0. The number of rotatable bonds is 7. The molecular weight excluding hydrogens is 488 g/mol. The number of halogens is 2. The number of aryl methyl sites for hydroxylation is 1. The predicted molar refractivity (Wildman–Crippen MR) is 142 cm³/mol. The number of aldehydes is 1. The number of para-hydroxylation sites is 1. The maximum atomic E-state index is 15.2. The molecule has 0 aliphatic rings. The van der Waals surface area contributed by atoms with E-state index in [1.807, 2.05) is 19.1 Å². The van der Waals surface area contributed by atoms with Crippen molar-refractivity contribution in [3.8, 4) is 28.4 Å². The Hall–Kier alpha value is -4.85. The van der Waals surface area contributed by atoms with E-state index in [-0.39, 0.29) is 39.5 Å². The van der Waals surface area contributed by atoms with E-state index in [2.05, 4.69) is 10.2 Å². The van der Waals surface area contributed by atoms with Crippen molar-refractivity contribution < 1.29 is 23.8 Å². The third-order valence-corrected chi connectivity index (χ3v) is 6.39. The molecule has 0 unspecified atom stereocenters. The summed E-state index contributed by atoms with van der Waals surface area (Å²) >= 11 is 0. The molecule has 1 aromatic heterocycles. The summed E-state index contributed by atoms with van der Waals surface area (Å²) < 4.78 is 30.1. The number of nitrogens with zero attached hydrogens (tertiary/aromatic N) is 3. The van der Waals surface area contributed by atoms with Crippen LogP contribution >= 0.6 is 0 Å². The van der Waals surface area contributed by atoms with Gasteiger partial charge in [-0.3, -0.25) is 9.36 Å². The number of aromatic nitrogens is 1. The molecule has 6 nitrogen and oxygen atoms in total. The zero-order chi connectivity index (χ0) is 26.8. The second kappa shape index (κ2) is 10.3. The summed E-state index contributed by atoms with van der Waals surface area (Å²) in [5.41, 5.74) is 3.36. The Bertz CT molecular complexity index is 1690. The summed E-state index contributed by atoms with van der Waals surface area (Å²) in [6.45, 7) is 1.14. The van der Waals surface area contributed by atoms with Gasteiger partial charge in [-0.2, -0.15) is 0 Å². The first-order chi connectivity index (χ1) is 18.4. The van der Waals surface area contributed by atoms with Crippen molar-refractivity contribution in [3.05, 3.63) is 101 Å². The number of benzene rings is 4. The van der Waals surface area contributed by atoms with Crippen LogP contribution in [0.25, 0.3) is 27.7 Å². The van der Waals surface area contributed by atoms with E-state index in [1.54, 1.807) is 48.5 Å². The van der Waals surface area contributed by atoms with Crippen molar-refractivity contribution in [3.63, 3.8) is 0 Å². The highest BCUT2D eigenvalue weighted by Crippen LogP contribution is 2.44. The molecule has 0 saturated carbocycles. The van der Waals surface area contributed by atoms with Crippen molar-refractivity contribution in [2.75, 3.05) is 0 Å². The summed E-state index contributed by atoms with van der Waals surface area (Å²) in [4.78, 5) is 11.2. The van der Waals surface area contributed by atoms with Gasteiger partial charge in [0.25, 0.3) is 0 Å². The van der Waals surface area contributed by atoms with Gasteiger partial charge in [0.2, 0.25) is 5.88 Å². The topological polar surface area (TPSA) is 87.2 Å². The molecule has 5 aromatic rings. The van der Waals surface area contributed by atoms with E-state index in [4.69, 9.17) is 0 Å². The minimum Gasteiger partial charge on any atom is -0.505 e. The monoisotopic (exact) mass is 511 g/mol. The van der Waals surface area contributed by atoms with Crippen molar-refractivity contribution >= 4 is 28.6 Å². The molecule has 0 spiro atoms. The Labute approximate surface area is 217 Å². The summed E-state index contributed by atoms with van der Waals surface area (Å²) in [7, 11) is 0. The third kappa shape index (κ3) is 4.41. The number of fused-ring (bicyclic) bond motifs is 1. The summed E-state index contributed by atoms with van der Waals surface area (Å²) in [5, 5.41) is 30.3. The van der Waals surface area contributed by atoms with Gasteiger partial charge < -0.3 is 10.2 Å². The van der Waals surface area contributed by atoms with Gasteiger partial charge in [0.1, 0.15) is 24.5 Å². The number of carbonyl (C=O) groups is 1. The highest BCUT2D eigenvalue weighted by atomic mass is 19.1. The Morgan fingerprint density at radius 1 is 0.921 bits per heavy atom. The van der Waals surface area contributed by atoms with Gasteiger partial charge in [-0.15, -0.1) is 10.2 Å². The zero-order valence-electron chi connectivity index (χ0n) is 20.4. The first kappa shape index (κ1) is 24.8. The minimum atomic E-state index is -0.879. The van der Waals surface area contributed by atoms with Crippen LogP contribution in [-0.2, 0) is 13.1 Å². The molecule has 38 heavy (non-hydrogen) atoms. The van der Waals surface area contributed by atoms with Crippen LogP contribution in [0.15, 0.2) is 89.1 Å². The van der Waals surface area contributed by atoms with E-state index in [1.165, 1.54) is 16.7 Å². The van der Waals surface area contributed by atoms with Crippen LogP contribution in [0.5, 0.6) is 11.6 Å². The fraction of sp³-hybridized carbons (Fsp3) is 0.100. The molecule has 0 saturated heterocycles. The maximum absolute atomic E-state index is 15.2. The van der Waals surface area contributed by atoms with Crippen LogP contribution in [0.3, 0.4) is 0 Å². The van der Waals surface area contributed by atoms with Crippen molar-refractivity contribution in [1.82, 2.24) is 4.57 Å². The van der Waals surface area contributed by atoms with Gasteiger partial charge in [-0.1, -0.05) is 49.4 Å². The molecule has 0 aliphatic heterocycles. The number of carbonyl (C=O) groups excluding carboxylic acids is 1. The average Bonchev–Trinajstić information content (AvgIpc) is 3.23. The van der Waals surface area contributed by atoms with Crippen LogP contribution in [0.2, 0.25) is 0 Å². The Morgan fingerprint density at radius 2 is 1.68 bits per heavy atom. The number of aromatic hydroxyl groups is 2. The number of alkyl halides is 1. The quantitative estimate of drug-likeness (QED) is 0.171. The molecular formula is C30H23F2N3O3. The number of hydrogen-bond donors (Lipinski definition) is 2. The largest absolute Gasteiger partial charge is 0.505 e. The molecule has 4 aromatic carbocycles. The molecule has 0 bridgehead atoms. The number of azo groups is 1. The fourth-order valence-corrected chi connectivity index (χ4v) is 4.43. The molecule has 5 rings (SSSR count). The first-order valence-electron chi connectivity index (χ1n) is 12.0. The summed E-state index contributed by atoms with van der Waals surface area (Å²) in [5.74, 6) is -1.33. The molecule has 0 aliphatic carbocycles. The maximum Gasteiger partial charge on any atom is 0.225 e. The van der Waals surface area contributed by atoms with E-state index in [9.17, 15) is 19.4 Å². The van der Waals surface area contributed by atoms with Gasteiger partial charge in [0, 0.05) is 16.8 Å². The SMILES string of the molecule is CCc1ccc(-n2c(O)c(N=Nc3cccc(-c4cccc(C=O)c4)c3O)c3c(F)cc(CF)cc32)cc1. The lowest BCUT2D eigenvalue weighted by molar-refractivity contribution is 0.112. The van der Waals surface area contributed by atoms with Gasteiger partial charge >= 0.3 is 0 Å². The smallest absolute Gasteiger partial charge is 0.225 e. The minimum absolute atomic E-state index is 0.0302. The zero-order valence-corrected chi connectivity index (χ0v) is 20.4. The number of hydrogen-bond acceptors (Lipinski definition) is 5. The second-order valence-corrected chi connectivity index (χ2v) is 8.75. The summed E-state index contributed by atoms with van der Waals surface area (Å²) in [6, 6.07) is 21.4. The molecule has 0 fully saturated rings. The van der Waals surface area contributed by atoms with E-state index >= 15 is 4.39 Å². The van der Waals surface area contributed by atoms with Crippen LogP contribution in [0, 0.1) is 5.82 Å². The lowest BCUT2D eigenvalue weighted by Gasteiger charge is -2.08. The molecule has 0 atom stereocenters. The predicted octanol–water partition coefficient (Wildman–Crippen LogP) is 8.11. The normalized spacial score (nSPS) is 11.4. The lowest BCUT2D eigenvalue weighted by atomic mass is 10.0. The van der Waals surface area contributed by atoms with Crippen molar-refractivity contribution in [2.45, 2.75) is 20.0 Å². The summed E-state index contributed by atoms with van der Waals surface area (Å²) in [6.07, 6.45) is 1.53. The third-order valence-electron chi connectivity index (χ3n) is 6.39. The Balaban J connectivity index is 1.65. The standard InChI is InChI=1S/C30H23F2N3O3/c1-2-18-9-11-22(12-10-18)35-26-15-20(16-31)14-24(32)27(26)28(30(35)38)34-33-25-8-4-7-23(29(25)37)21-6-3-5-19(13-21)17-36/h3-15,17,37-38H,2,16H2,1H3. The Kier molecular flexibility index (Phi) is 6.70. The van der Waals surface area contributed by atoms with Crippen LogP contribution in [0.4, 0.5) is 20.2 Å². The van der Waals surface area contributed by atoms with Gasteiger partial charge in [0.15, 0.2) is 11.4 Å². The molecule has 0 radical (unpaired) electrons. The fourth-order valence-electron chi connectivity index (χ4n) is 4.43. The molecule has 2 N–H and O–H groups in total. The van der Waals surface area contributed by atoms with Crippen LogP contribution in [-0.4, -0.2) is 21.1 Å². The molecule has 8 heteroatoms. The van der Waals surface area contributed by atoms with Crippen LogP contribution < -0.4 is 0 Å². The average molecular weight is 512 g/mol. The lowest BCUT2D eigenvalue weighted by Crippen LogP contribution is -1.95. The van der Waals surface area contributed by atoms with Crippen molar-refractivity contribution in [1.29, 1.82) is 0 Å². The van der Waals surface area contributed by atoms with E-state index in [0.717, 1.165) is 18.1 Å². The van der Waals surface area contributed by atoms with E-state index < -0.39 is 12.5 Å². The highest BCUT2D eigenvalue weighted by molar-refractivity contribution is 5.97. The van der Waals surface area contributed by atoms with Gasteiger partial charge in [-0.25, -0.2) is 8.78 Å². The Morgan fingerprint density at radius 3 is 2.39 bits per heavy atom. The number of phenolic OH excluding ortho intramolecular Hbond substituents is 1. The van der Waals surface area contributed by atoms with Gasteiger partial charge in [0.05, 0.1) is 10.9 Å². The van der Waals surface area contributed by atoms with E-state index in [0.29, 0.717) is 28.7 Å². The molecule has 190 valence electrons. The van der Waals surface area contributed by atoms with Crippen LogP contribution in [0.1, 0.15) is 28.4 Å². The molecule has 1 heterocycles. The molecule has 0 amide bonds. The van der Waals surface area contributed by atoms with Crippen molar-refractivity contribution in [2.24, 2.45) is 10.2 Å².